The van der Waals surface area contributed by atoms with Crippen LogP contribution in [0.3, 0.4) is 0 Å². The predicted molar refractivity (Wildman–Crippen MR) is 88.5 cm³/mol. The van der Waals surface area contributed by atoms with Crippen LogP contribution in [0.1, 0.15) is 22.8 Å². The maximum atomic E-state index is 12.1. The molecule has 2 rings (SSSR count). The molecule has 0 saturated heterocycles. The molecule has 114 valence electrons. The topological polar surface area (TPSA) is 70.9 Å². The van der Waals surface area contributed by atoms with E-state index in [9.17, 15) is 9.90 Å². The van der Waals surface area contributed by atoms with Gasteiger partial charge in [0.25, 0.3) is 5.91 Å². The third-order valence-electron chi connectivity index (χ3n) is 3.04. The van der Waals surface area contributed by atoms with Crippen LogP contribution in [-0.4, -0.2) is 23.8 Å². The highest BCUT2D eigenvalue weighted by Gasteiger charge is 2.10. The van der Waals surface area contributed by atoms with Crippen molar-refractivity contribution in [2.45, 2.75) is 6.92 Å². The molecule has 0 fully saturated rings. The lowest BCUT2D eigenvalue weighted by Gasteiger charge is -2.08. The van der Waals surface area contributed by atoms with Crippen molar-refractivity contribution < 1.29 is 14.6 Å². The molecule has 0 radical (unpaired) electrons. The lowest BCUT2D eigenvalue weighted by Crippen LogP contribution is -2.19. The van der Waals surface area contributed by atoms with E-state index in [2.05, 4.69) is 26.5 Å². The number of carbonyl (C=O) groups is 1. The van der Waals surface area contributed by atoms with Gasteiger partial charge in [0.05, 0.1) is 18.4 Å². The summed E-state index contributed by atoms with van der Waals surface area (Å²) in [7, 11) is 1.54. The van der Waals surface area contributed by atoms with E-state index in [4.69, 9.17) is 4.74 Å². The lowest BCUT2D eigenvalue weighted by molar-refractivity contribution is 0.0954. The van der Waals surface area contributed by atoms with Gasteiger partial charge in [-0.05, 0) is 53.2 Å². The average Bonchev–Trinajstić information content (AvgIpc) is 2.53. The van der Waals surface area contributed by atoms with Crippen LogP contribution in [0.25, 0.3) is 0 Å². The van der Waals surface area contributed by atoms with Gasteiger partial charge in [-0.2, -0.15) is 5.10 Å². The van der Waals surface area contributed by atoms with Crippen molar-refractivity contribution >= 4 is 27.5 Å². The molecule has 1 amide bonds. The Bertz CT molecular complexity index is 729. The normalized spacial score (nSPS) is 11.1. The van der Waals surface area contributed by atoms with Crippen molar-refractivity contribution in [2.75, 3.05) is 7.11 Å². The van der Waals surface area contributed by atoms with Crippen molar-refractivity contribution in [1.29, 1.82) is 0 Å². The van der Waals surface area contributed by atoms with Crippen molar-refractivity contribution in [3.63, 3.8) is 0 Å². The Hall–Kier alpha value is -2.34. The quantitative estimate of drug-likeness (QED) is 0.647. The van der Waals surface area contributed by atoms with Gasteiger partial charge < -0.3 is 9.84 Å². The molecule has 0 unspecified atom stereocenters. The molecular formula is C16H15BrN2O3. The van der Waals surface area contributed by atoms with Gasteiger partial charge in [0, 0.05) is 10.0 Å². The zero-order valence-corrected chi connectivity index (χ0v) is 13.7. The van der Waals surface area contributed by atoms with Crippen LogP contribution in [0.15, 0.2) is 52.0 Å². The summed E-state index contributed by atoms with van der Waals surface area (Å²) < 4.78 is 5.80. The zero-order chi connectivity index (χ0) is 16.1. The Balaban J connectivity index is 2.20. The molecule has 0 saturated carbocycles. The third kappa shape index (κ3) is 3.65. The number of hydrogen-bond acceptors (Lipinski definition) is 4. The maximum Gasteiger partial charge on any atom is 0.272 e. The Morgan fingerprint density at radius 3 is 2.64 bits per heavy atom. The number of benzene rings is 2. The summed E-state index contributed by atoms with van der Waals surface area (Å²) in [6, 6.07) is 11.9. The maximum absolute atomic E-state index is 12.1. The molecule has 0 aliphatic carbocycles. The number of carbonyl (C=O) groups excluding carboxylic acids is 1. The van der Waals surface area contributed by atoms with E-state index in [-0.39, 0.29) is 11.7 Å². The molecule has 0 heterocycles. The lowest BCUT2D eigenvalue weighted by atomic mass is 10.1. The van der Waals surface area contributed by atoms with Crippen molar-refractivity contribution in [1.82, 2.24) is 5.43 Å². The van der Waals surface area contributed by atoms with Gasteiger partial charge in [-0.15, -0.1) is 0 Å². The molecule has 5 nitrogen and oxygen atoms in total. The molecule has 0 atom stereocenters. The fourth-order valence-corrected chi connectivity index (χ4v) is 2.30. The van der Waals surface area contributed by atoms with E-state index in [0.29, 0.717) is 27.1 Å². The molecular weight excluding hydrogens is 348 g/mol. The monoisotopic (exact) mass is 362 g/mol. The number of phenols is 1. The van der Waals surface area contributed by atoms with E-state index >= 15 is 0 Å². The highest BCUT2D eigenvalue weighted by molar-refractivity contribution is 9.10. The molecule has 22 heavy (non-hydrogen) atoms. The molecule has 2 aromatic rings. The summed E-state index contributed by atoms with van der Waals surface area (Å²) in [5.41, 5.74) is 3.91. The number of amides is 1. The van der Waals surface area contributed by atoms with Crippen molar-refractivity contribution in [3.8, 4) is 11.5 Å². The van der Waals surface area contributed by atoms with Gasteiger partial charge >= 0.3 is 0 Å². The zero-order valence-electron chi connectivity index (χ0n) is 12.1. The summed E-state index contributed by atoms with van der Waals surface area (Å²) in [6.07, 6.45) is 0. The first kappa shape index (κ1) is 16.0. The Morgan fingerprint density at radius 2 is 1.95 bits per heavy atom. The molecule has 0 aliphatic rings. The molecule has 2 aromatic carbocycles. The molecule has 0 aliphatic heterocycles. The van der Waals surface area contributed by atoms with Crippen LogP contribution < -0.4 is 10.2 Å². The average molecular weight is 363 g/mol. The van der Waals surface area contributed by atoms with Crippen LogP contribution >= 0.6 is 15.9 Å². The number of aromatic hydroxyl groups is 1. The van der Waals surface area contributed by atoms with Crippen LogP contribution in [0.2, 0.25) is 0 Å². The number of ether oxygens (including phenoxy) is 1. The SMILES string of the molecule is COc1ccc(O)c(/C(C)=N/NC(=O)c2ccccc2Br)c1. The summed E-state index contributed by atoms with van der Waals surface area (Å²) in [5, 5.41) is 13.9. The van der Waals surface area contributed by atoms with Gasteiger partial charge in [-0.3, -0.25) is 4.79 Å². The van der Waals surface area contributed by atoms with Crippen LogP contribution in [0.5, 0.6) is 11.5 Å². The van der Waals surface area contributed by atoms with Gasteiger partial charge in [0.15, 0.2) is 0 Å². The second-order valence-corrected chi connectivity index (χ2v) is 5.36. The number of phenolic OH excluding ortho intramolecular Hbond substituents is 1. The largest absolute Gasteiger partial charge is 0.507 e. The molecule has 0 aromatic heterocycles. The minimum Gasteiger partial charge on any atom is -0.507 e. The van der Waals surface area contributed by atoms with Crippen LogP contribution in [-0.2, 0) is 0 Å². The fourth-order valence-electron chi connectivity index (χ4n) is 1.83. The Kier molecular flexibility index (Phi) is 5.16. The molecule has 0 bridgehead atoms. The third-order valence-corrected chi connectivity index (χ3v) is 3.73. The van der Waals surface area contributed by atoms with Crippen LogP contribution in [0.4, 0.5) is 0 Å². The number of nitrogens with one attached hydrogen (secondary N) is 1. The summed E-state index contributed by atoms with van der Waals surface area (Å²) in [5.74, 6) is 0.325. The van der Waals surface area contributed by atoms with E-state index < -0.39 is 0 Å². The molecule has 0 spiro atoms. The first-order chi connectivity index (χ1) is 10.5. The number of methoxy groups -OCH3 is 1. The first-order valence-electron chi connectivity index (χ1n) is 6.49. The van der Waals surface area contributed by atoms with Gasteiger partial charge in [-0.1, -0.05) is 12.1 Å². The minimum atomic E-state index is -0.339. The minimum absolute atomic E-state index is 0.0668. The van der Waals surface area contributed by atoms with Gasteiger partial charge in [0.1, 0.15) is 11.5 Å². The number of rotatable bonds is 4. The second kappa shape index (κ2) is 7.09. The van der Waals surface area contributed by atoms with Gasteiger partial charge in [0.2, 0.25) is 0 Å². The van der Waals surface area contributed by atoms with E-state index in [1.165, 1.54) is 13.2 Å². The standard InChI is InChI=1S/C16H15BrN2O3/c1-10(13-9-11(22-2)7-8-15(13)20)18-19-16(21)12-5-3-4-6-14(12)17/h3-9,20H,1-2H3,(H,19,21)/b18-10+. The summed E-state index contributed by atoms with van der Waals surface area (Å²) >= 11 is 3.31. The Labute approximate surface area is 136 Å². The number of hydrogen-bond donors (Lipinski definition) is 2. The second-order valence-electron chi connectivity index (χ2n) is 4.50. The molecule has 2 N–H and O–H groups in total. The summed E-state index contributed by atoms with van der Waals surface area (Å²) in [6.45, 7) is 1.69. The van der Waals surface area contributed by atoms with Crippen molar-refractivity contribution in [2.24, 2.45) is 5.10 Å². The van der Waals surface area contributed by atoms with E-state index in [1.807, 2.05) is 6.07 Å². The van der Waals surface area contributed by atoms with Crippen LogP contribution in [0, 0.1) is 0 Å². The number of nitrogens with zero attached hydrogens (tertiary/aromatic N) is 1. The summed E-state index contributed by atoms with van der Waals surface area (Å²) in [4.78, 5) is 12.1. The van der Waals surface area contributed by atoms with Crippen molar-refractivity contribution in [3.05, 3.63) is 58.1 Å². The Morgan fingerprint density at radius 1 is 1.23 bits per heavy atom. The van der Waals surface area contributed by atoms with E-state index in [0.717, 1.165) is 0 Å². The highest BCUT2D eigenvalue weighted by Crippen LogP contribution is 2.23. The molecule has 6 heteroatoms. The fraction of sp³-hybridized carbons (Fsp3) is 0.125. The van der Waals surface area contributed by atoms with Gasteiger partial charge in [-0.25, -0.2) is 5.43 Å². The number of halogens is 1. The smallest absolute Gasteiger partial charge is 0.272 e. The predicted octanol–water partition coefficient (Wildman–Crippen LogP) is 3.32. The number of hydrazone groups is 1. The highest BCUT2D eigenvalue weighted by atomic mass is 79.9. The van der Waals surface area contributed by atoms with E-state index in [1.54, 1.807) is 37.3 Å². The first-order valence-corrected chi connectivity index (χ1v) is 7.28.